The van der Waals surface area contributed by atoms with Crippen molar-refractivity contribution in [3.8, 4) is 22.9 Å². The fourth-order valence-corrected chi connectivity index (χ4v) is 4.14. The van der Waals surface area contributed by atoms with Gasteiger partial charge in [-0.1, -0.05) is 13.0 Å². The van der Waals surface area contributed by atoms with E-state index >= 15 is 0 Å². The number of pyridine rings is 1. The maximum atomic E-state index is 12.2. The highest BCUT2D eigenvalue weighted by molar-refractivity contribution is 7.11. The molecule has 3 aromatic rings. The third-order valence-corrected chi connectivity index (χ3v) is 5.66. The summed E-state index contributed by atoms with van der Waals surface area (Å²) in [4.78, 5) is 31.3. The molecule has 0 aliphatic carbocycles. The first-order chi connectivity index (χ1) is 16.2. The molecular weight excluding hydrogens is 454 g/mol. The zero-order valence-electron chi connectivity index (χ0n) is 19.0. The fourth-order valence-electron chi connectivity index (χ4n) is 3.61. The van der Waals surface area contributed by atoms with Crippen molar-refractivity contribution in [2.75, 3.05) is 11.9 Å². The monoisotopic (exact) mass is 479 g/mol. The number of rotatable bonds is 9. The second kappa shape index (κ2) is 10.8. The van der Waals surface area contributed by atoms with Gasteiger partial charge in [-0.05, 0) is 61.6 Å². The Kier molecular flexibility index (Phi) is 7.81. The zero-order chi connectivity index (χ0) is 24.7. The van der Waals surface area contributed by atoms with Crippen LogP contribution in [-0.2, 0) is 0 Å². The van der Waals surface area contributed by atoms with E-state index in [2.05, 4.69) is 26.7 Å². The topological polar surface area (TPSA) is 137 Å². The Morgan fingerprint density at radius 2 is 1.97 bits per heavy atom. The maximum Gasteiger partial charge on any atom is 0.405 e. The number of thiazole rings is 1. The van der Waals surface area contributed by atoms with Crippen molar-refractivity contribution < 1.29 is 19.4 Å². The van der Waals surface area contributed by atoms with Crippen molar-refractivity contribution >= 4 is 29.2 Å². The van der Waals surface area contributed by atoms with Crippen molar-refractivity contribution in [1.82, 2.24) is 15.3 Å². The van der Waals surface area contributed by atoms with Crippen LogP contribution in [0.25, 0.3) is 11.1 Å². The average molecular weight is 480 g/mol. The van der Waals surface area contributed by atoms with E-state index < -0.39 is 11.6 Å². The lowest BCUT2D eigenvalue weighted by Gasteiger charge is -2.28. The largest absolute Gasteiger partial charge is 0.492 e. The number of ether oxygens (including phenoxy) is 1. The normalized spacial score (nSPS) is 11.8. The molecule has 176 valence electrons. The quantitative estimate of drug-likeness (QED) is 0.401. The lowest BCUT2D eigenvalue weighted by molar-refractivity contribution is 0.102. The summed E-state index contributed by atoms with van der Waals surface area (Å²) in [7, 11) is 0. The van der Waals surface area contributed by atoms with E-state index in [1.165, 1.54) is 11.3 Å². The maximum absolute atomic E-state index is 12.2. The van der Waals surface area contributed by atoms with Crippen molar-refractivity contribution in [2.45, 2.75) is 32.7 Å². The molecule has 2 heterocycles. The second-order valence-electron chi connectivity index (χ2n) is 8.48. The Morgan fingerprint density at radius 3 is 2.65 bits per heavy atom. The number of nitrogens with zero attached hydrogens (tertiary/aromatic N) is 3. The number of anilines is 1. The highest BCUT2D eigenvalue weighted by atomic mass is 32.1. The number of nitrogens with one attached hydrogen (secondary N) is 2. The van der Waals surface area contributed by atoms with Crippen LogP contribution in [0.3, 0.4) is 0 Å². The molecule has 0 saturated carbocycles. The number of hydrogen-bond acceptors (Lipinski definition) is 7. The molecule has 0 radical (unpaired) electrons. The van der Waals surface area contributed by atoms with Gasteiger partial charge in [-0.25, -0.2) is 14.8 Å². The first-order valence-corrected chi connectivity index (χ1v) is 11.4. The van der Waals surface area contributed by atoms with Gasteiger partial charge in [0.05, 0.1) is 12.2 Å². The lowest BCUT2D eigenvalue weighted by atomic mass is 9.92. The summed E-state index contributed by atoms with van der Waals surface area (Å²) in [5, 5.41) is 25.9. The summed E-state index contributed by atoms with van der Waals surface area (Å²) in [5.41, 5.74) is 1.33. The average Bonchev–Trinajstić information content (AvgIpc) is 3.31. The molecule has 0 spiro atoms. The van der Waals surface area contributed by atoms with Gasteiger partial charge in [0, 0.05) is 23.3 Å². The van der Waals surface area contributed by atoms with Crippen LogP contribution in [0.15, 0.2) is 48.1 Å². The minimum absolute atomic E-state index is 0.0530. The van der Waals surface area contributed by atoms with E-state index in [4.69, 9.17) is 9.84 Å². The predicted octanol–water partition coefficient (Wildman–Crippen LogP) is 4.78. The molecule has 10 heteroatoms. The van der Waals surface area contributed by atoms with Crippen LogP contribution in [0.4, 0.5) is 10.6 Å². The molecule has 2 aromatic heterocycles. The predicted molar refractivity (Wildman–Crippen MR) is 129 cm³/mol. The van der Waals surface area contributed by atoms with Crippen LogP contribution < -0.4 is 15.4 Å². The van der Waals surface area contributed by atoms with Crippen LogP contribution in [-0.4, -0.2) is 39.2 Å². The van der Waals surface area contributed by atoms with Crippen LogP contribution in [0.1, 0.15) is 42.6 Å². The lowest BCUT2D eigenvalue weighted by Crippen LogP contribution is -2.44. The highest BCUT2D eigenvalue weighted by Gasteiger charge is 2.23. The molecule has 0 saturated heterocycles. The van der Waals surface area contributed by atoms with Crippen molar-refractivity contribution in [2.24, 2.45) is 5.92 Å². The highest BCUT2D eigenvalue weighted by Crippen LogP contribution is 2.28. The summed E-state index contributed by atoms with van der Waals surface area (Å²) >= 11 is 1.24. The summed E-state index contributed by atoms with van der Waals surface area (Å²) in [6.07, 6.45) is 2.65. The van der Waals surface area contributed by atoms with E-state index in [0.29, 0.717) is 35.2 Å². The molecule has 34 heavy (non-hydrogen) atoms. The Morgan fingerprint density at radius 1 is 1.21 bits per heavy atom. The number of carbonyl (C=O) groups is 2. The SMILES string of the molecule is C[C@H](COc1ccc(-c2ccnc(NC(=O)c3nccs3)c2)cc1C#N)CC(C)(C)NC(=O)O. The van der Waals surface area contributed by atoms with Crippen molar-refractivity contribution in [3.63, 3.8) is 0 Å². The van der Waals surface area contributed by atoms with Crippen LogP contribution in [0.5, 0.6) is 5.75 Å². The van der Waals surface area contributed by atoms with Gasteiger partial charge in [-0.3, -0.25) is 4.79 Å². The number of carboxylic acid groups (broad SMARTS) is 1. The number of hydrogen-bond donors (Lipinski definition) is 3. The summed E-state index contributed by atoms with van der Waals surface area (Å²) < 4.78 is 5.88. The second-order valence-corrected chi connectivity index (χ2v) is 9.37. The number of aromatic nitrogens is 2. The molecular formula is C24H25N5O4S. The molecule has 0 bridgehead atoms. The third-order valence-electron chi connectivity index (χ3n) is 4.89. The van der Waals surface area contributed by atoms with Gasteiger partial charge in [0.25, 0.3) is 5.91 Å². The van der Waals surface area contributed by atoms with E-state index in [0.717, 1.165) is 11.1 Å². The Hall–Kier alpha value is -3.97. The molecule has 3 N–H and O–H groups in total. The molecule has 0 aliphatic rings. The van der Waals surface area contributed by atoms with Gasteiger partial charge >= 0.3 is 6.09 Å². The number of carbonyl (C=O) groups excluding carboxylic acids is 1. The van der Waals surface area contributed by atoms with Crippen molar-refractivity contribution in [3.05, 3.63) is 58.7 Å². The van der Waals surface area contributed by atoms with Gasteiger partial charge in [-0.15, -0.1) is 11.3 Å². The Balaban J connectivity index is 1.69. The van der Waals surface area contributed by atoms with Crippen LogP contribution in [0.2, 0.25) is 0 Å². The number of benzene rings is 1. The smallest absolute Gasteiger partial charge is 0.405 e. The first kappa shape index (κ1) is 24.7. The minimum atomic E-state index is -1.07. The first-order valence-electron chi connectivity index (χ1n) is 10.5. The van der Waals surface area contributed by atoms with Gasteiger partial charge in [-0.2, -0.15) is 5.26 Å². The van der Waals surface area contributed by atoms with Gasteiger partial charge < -0.3 is 20.5 Å². The molecule has 0 aliphatic heterocycles. The summed E-state index contributed by atoms with van der Waals surface area (Å²) in [5.74, 6) is 0.547. The molecule has 1 aromatic carbocycles. The Bertz CT molecular complexity index is 1200. The third kappa shape index (κ3) is 6.76. The molecule has 2 amide bonds. The standard InChI is InChI=1S/C24H25N5O4S/c1-15(12-24(2,3)29-23(31)32)14-33-19-5-4-16(10-18(19)13-25)17-6-7-26-20(11-17)28-21(30)22-27-8-9-34-22/h4-11,15,29H,12,14H2,1-3H3,(H,31,32)(H,26,28,30)/t15-/m0/s1. The summed E-state index contributed by atoms with van der Waals surface area (Å²) in [6.45, 7) is 5.93. The van der Waals surface area contributed by atoms with Crippen LogP contribution in [0, 0.1) is 17.2 Å². The zero-order valence-corrected chi connectivity index (χ0v) is 19.8. The number of nitriles is 1. The van der Waals surface area contributed by atoms with E-state index in [1.54, 1.807) is 42.0 Å². The molecule has 3 rings (SSSR count). The molecule has 0 fully saturated rings. The van der Waals surface area contributed by atoms with Gasteiger partial charge in [0.1, 0.15) is 17.6 Å². The van der Waals surface area contributed by atoms with Crippen molar-refractivity contribution in [1.29, 1.82) is 5.26 Å². The molecule has 9 nitrogen and oxygen atoms in total. The number of amides is 2. The van der Waals surface area contributed by atoms with Gasteiger partial charge in [0.2, 0.25) is 0 Å². The van der Waals surface area contributed by atoms with Gasteiger partial charge in [0.15, 0.2) is 5.01 Å². The molecule has 0 unspecified atom stereocenters. The minimum Gasteiger partial charge on any atom is -0.492 e. The van der Waals surface area contributed by atoms with E-state index in [1.807, 2.05) is 26.8 Å². The summed E-state index contributed by atoms with van der Waals surface area (Å²) in [6, 6.07) is 11.0. The van der Waals surface area contributed by atoms with E-state index in [-0.39, 0.29) is 11.8 Å². The van der Waals surface area contributed by atoms with E-state index in [9.17, 15) is 14.9 Å². The molecule has 1 atom stereocenters. The fraction of sp³-hybridized carbons (Fsp3) is 0.292. The Labute approximate surface area is 201 Å². The van der Waals surface area contributed by atoms with Crippen LogP contribution >= 0.6 is 11.3 Å².